The van der Waals surface area contributed by atoms with Crippen LogP contribution < -0.4 is 5.32 Å². The highest BCUT2D eigenvalue weighted by Crippen LogP contribution is 2.09. The summed E-state index contributed by atoms with van der Waals surface area (Å²) in [5, 5.41) is 6.95. The average Bonchev–Trinajstić information content (AvgIpc) is 3.07. The van der Waals surface area contributed by atoms with Crippen LogP contribution in [0.2, 0.25) is 0 Å². The zero-order valence-electron chi connectivity index (χ0n) is 12.7. The fraction of sp³-hybridized carbons (Fsp3) is 0.111. The molecule has 0 fully saturated rings. The second-order valence-corrected chi connectivity index (χ2v) is 5.25. The predicted octanol–water partition coefficient (Wildman–Crippen LogP) is 3.12. The quantitative estimate of drug-likeness (QED) is 0.783. The van der Waals surface area contributed by atoms with Gasteiger partial charge in [0.1, 0.15) is 11.6 Å². The molecule has 0 atom stereocenters. The van der Waals surface area contributed by atoms with Crippen LogP contribution in [-0.2, 0) is 6.42 Å². The van der Waals surface area contributed by atoms with Crippen molar-refractivity contribution in [3.63, 3.8) is 0 Å². The van der Waals surface area contributed by atoms with Crippen molar-refractivity contribution in [3.05, 3.63) is 83.7 Å². The van der Waals surface area contributed by atoms with Gasteiger partial charge in [-0.05, 0) is 54.4 Å². The molecular formula is C18H15F2N3O. The van der Waals surface area contributed by atoms with Gasteiger partial charge in [-0.3, -0.25) is 4.79 Å². The molecule has 6 heteroatoms. The van der Waals surface area contributed by atoms with Crippen LogP contribution in [0.4, 0.5) is 8.78 Å². The molecule has 1 amide bonds. The molecule has 1 N–H and O–H groups in total. The first-order valence-corrected chi connectivity index (χ1v) is 7.46. The third-order valence-electron chi connectivity index (χ3n) is 3.53. The van der Waals surface area contributed by atoms with Crippen LogP contribution in [0, 0.1) is 11.6 Å². The number of amides is 1. The zero-order chi connectivity index (χ0) is 16.9. The summed E-state index contributed by atoms with van der Waals surface area (Å²) in [5.41, 5.74) is 1.88. The number of benzene rings is 2. The molecule has 0 spiro atoms. The lowest BCUT2D eigenvalue weighted by atomic mass is 10.1. The summed E-state index contributed by atoms with van der Waals surface area (Å²) >= 11 is 0. The van der Waals surface area contributed by atoms with Gasteiger partial charge in [-0.1, -0.05) is 12.1 Å². The van der Waals surface area contributed by atoms with E-state index in [0.29, 0.717) is 18.7 Å². The van der Waals surface area contributed by atoms with Gasteiger partial charge in [-0.25, -0.2) is 13.5 Å². The Balaban J connectivity index is 1.57. The van der Waals surface area contributed by atoms with E-state index >= 15 is 0 Å². The van der Waals surface area contributed by atoms with E-state index in [2.05, 4.69) is 10.4 Å². The van der Waals surface area contributed by atoms with Crippen molar-refractivity contribution < 1.29 is 13.6 Å². The predicted molar refractivity (Wildman–Crippen MR) is 86.0 cm³/mol. The molecule has 3 aromatic rings. The van der Waals surface area contributed by atoms with Crippen LogP contribution in [0.25, 0.3) is 5.69 Å². The molecule has 1 aromatic heterocycles. The van der Waals surface area contributed by atoms with E-state index in [-0.39, 0.29) is 23.2 Å². The summed E-state index contributed by atoms with van der Waals surface area (Å²) < 4.78 is 27.3. The average molecular weight is 327 g/mol. The summed E-state index contributed by atoms with van der Waals surface area (Å²) in [4.78, 5) is 12.1. The van der Waals surface area contributed by atoms with Gasteiger partial charge < -0.3 is 5.32 Å². The van der Waals surface area contributed by atoms with E-state index in [9.17, 15) is 13.6 Å². The summed E-state index contributed by atoms with van der Waals surface area (Å²) in [6.07, 6.45) is 2.24. The molecule has 24 heavy (non-hydrogen) atoms. The number of hydrogen-bond donors (Lipinski definition) is 1. The molecule has 1 heterocycles. The normalized spacial score (nSPS) is 10.6. The lowest BCUT2D eigenvalue weighted by Crippen LogP contribution is -2.26. The molecule has 0 saturated carbocycles. The molecular weight excluding hydrogens is 312 g/mol. The highest BCUT2D eigenvalue weighted by molar-refractivity contribution is 5.92. The van der Waals surface area contributed by atoms with Gasteiger partial charge in [0.2, 0.25) is 0 Å². The van der Waals surface area contributed by atoms with Gasteiger partial charge in [0.05, 0.1) is 5.69 Å². The Kier molecular flexibility index (Phi) is 4.65. The lowest BCUT2D eigenvalue weighted by molar-refractivity contribution is 0.0948. The molecule has 0 aliphatic carbocycles. The van der Waals surface area contributed by atoms with Crippen LogP contribution in [-0.4, -0.2) is 22.2 Å². The number of carbonyl (C=O) groups is 1. The first kappa shape index (κ1) is 15.9. The van der Waals surface area contributed by atoms with Gasteiger partial charge in [0.15, 0.2) is 5.69 Å². The molecule has 0 aliphatic heterocycles. The van der Waals surface area contributed by atoms with Crippen molar-refractivity contribution in [2.24, 2.45) is 0 Å². The van der Waals surface area contributed by atoms with E-state index in [4.69, 9.17) is 0 Å². The van der Waals surface area contributed by atoms with E-state index in [1.807, 2.05) is 0 Å². The molecule has 4 nitrogen and oxygen atoms in total. The molecule has 0 unspecified atom stereocenters. The lowest BCUT2D eigenvalue weighted by Gasteiger charge is -2.04. The zero-order valence-corrected chi connectivity index (χ0v) is 12.7. The first-order valence-electron chi connectivity index (χ1n) is 7.46. The Morgan fingerprint density at radius 1 is 0.958 bits per heavy atom. The van der Waals surface area contributed by atoms with E-state index < -0.39 is 0 Å². The minimum Gasteiger partial charge on any atom is -0.350 e. The van der Waals surface area contributed by atoms with E-state index in [0.717, 1.165) is 5.56 Å². The van der Waals surface area contributed by atoms with Gasteiger partial charge >= 0.3 is 0 Å². The number of rotatable bonds is 5. The standard InChI is InChI=1S/C18H15F2N3O/c19-14-3-1-13(2-4-14)9-11-21-18(24)17-10-12-23(22-17)16-7-5-15(20)6-8-16/h1-8,10,12H,9,11H2,(H,21,24). The number of aromatic nitrogens is 2. The molecule has 0 aliphatic rings. The summed E-state index contributed by atoms with van der Waals surface area (Å²) in [6, 6.07) is 13.6. The smallest absolute Gasteiger partial charge is 0.271 e. The topological polar surface area (TPSA) is 46.9 Å². The second-order valence-electron chi connectivity index (χ2n) is 5.25. The van der Waals surface area contributed by atoms with Gasteiger partial charge in [-0.15, -0.1) is 0 Å². The fourth-order valence-corrected chi connectivity index (χ4v) is 2.24. The van der Waals surface area contributed by atoms with Crippen molar-refractivity contribution in [2.45, 2.75) is 6.42 Å². The maximum atomic E-state index is 12.9. The Bertz CT molecular complexity index is 826. The molecule has 0 saturated heterocycles. The first-order chi connectivity index (χ1) is 11.6. The summed E-state index contributed by atoms with van der Waals surface area (Å²) in [7, 11) is 0. The van der Waals surface area contributed by atoms with Crippen LogP contribution in [0.5, 0.6) is 0 Å². The number of nitrogens with one attached hydrogen (secondary N) is 1. The van der Waals surface area contributed by atoms with Crippen molar-refractivity contribution >= 4 is 5.91 Å². The molecule has 0 bridgehead atoms. The Hall–Kier alpha value is -3.02. The Morgan fingerprint density at radius 2 is 1.58 bits per heavy atom. The third-order valence-corrected chi connectivity index (χ3v) is 3.53. The summed E-state index contributed by atoms with van der Waals surface area (Å²) in [6.45, 7) is 0.424. The van der Waals surface area contributed by atoms with E-state index in [1.165, 1.54) is 28.9 Å². The second kappa shape index (κ2) is 7.04. The third kappa shape index (κ3) is 3.84. The van der Waals surface area contributed by atoms with Gasteiger partial charge in [0.25, 0.3) is 5.91 Å². The maximum Gasteiger partial charge on any atom is 0.271 e. The molecule has 122 valence electrons. The fourth-order valence-electron chi connectivity index (χ4n) is 2.24. The summed E-state index contributed by atoms with van der Waals surface area (Å²) in [5.74, 6) is -0.906. The van der Waals surface area contributed by atoms with E-state index in [1.54, 1.807) is 36.5 Å². The Labute approximate surface area is 137 Å². The van der Waals surface area contributed by atoms with Crippen LogP contribution >= 0.6 is 0 Å². The largest absolute Gasteiger partial charge is 0.350 e. The minimum atomic E-state index is -0.329. The SMILES string of the molecule is O=C(NCCc1ccc(F)cc1)c1ccn(-c2ccc(F)cc2)n1. The van der Waals surface area contributed by atoms with Gasteiger partial charge in [0, 0.05) is 12.7 Å². The monoisotopic (exact) mass is 327 g/mol. The number of halogens is 2. The maximum absolute atomic E-state index is 12.9. The number of hydrogen-bond acceptors (Lipinski definition) is 2. The Morgan fingerprint density at radius 3 is 2.25 bits per heavy atom. The van der Waals surface area contributed by atoms with Gasteiger partial charge in [-0.2, -0.15) is 5.10 Å². The highest BCUT2D eigenvalue weighted by Gasteiger charge is 2.09. The number of carbonyl (C=O) groups excluding carboxylic acids is 1. The van der Waals surface area contributed by atoms with Crippen LogP contribution in [0.1, 0.15) is 16.1 Å². The van der Waals surface area contributed by atoms with Crippen molar-refractivity contribution in [3.8, 4) is 5.69 Å². The van der Waals surface area contributed by atoms with Crippen molar-refractivity contribution in [1.82, 2.24) is 15.1 Å². The molecule has 2 aromatic carbocycles. The number of nitrogens with zero attached hydrogens (tertiary/aromatic N) is 2. The molecule has 0 radical (unpaired) electrons. The minimum absolute atomic E-state index is 0.276. The molecule has 3 rings (SSSR count). The van der Waals surface area contributed by atoms with Crippen LogP contribution in [0.3, 0.4) is 0 Å². The van der Waals surface area contributed by atoms with Crippen molar-refractivity contribution in [1.29, 1.82) is 0 Å². The highest BCUT2D eigenvalue weighted by atomic mass is 19.1. The van der Waals surface area contributed by atoms with Crippen molar-refractivity contribution in [2.75, 3.05) is 6.54 Å². The van der Waals surface area contributed by atoms with Crippen LogP contribution in [0.15, 0.2) is 60.8 Å².